The van der Waals surface area contributed by atoms with Crippen molar-refractivity contribution in [3.8, 4) is 11.4 Å². The first-order valence-electron chi connectivity index (χ1n) is 10.8. The van der Waals surface area contributed by atoms with E-state index >= 15 is 0 Å². The number of carbonyl (C=O) groups excluding carboxylic acids is 2. The Hall–Kier alpha value is -2.72. The molecule has 33 heavy (non-hydrogen) atoms. The highest BCUT2D eigenvalue weighted by Gasteiger charge is 2.21. The lowest BCUT2D eigenvalue weighted by Crippen LogP contribution is -2.41. The summed E-state index contributed by atoms with van der Waals surface area (Å²) in [5, 5.41) is 13.8. The first kappa shape index (κ1) is 24.9. The van der Waals surface area contributed by atoms with Gasteiger partial charge in [-0.25, -0.2) is 4.39 Å². The second kappa shape index (κ2) is 11.9. The van der Waals surface area contributed by atoms with Crippen molar-refractivity contribution in [2.45, 2.75) is 39.0 Å². The molecule has 1 aromatic carbocycles. The molecule has 10 heteroatoms. The molecule has 3 aromatic rings. The van der Waals surface area contributed by atoms with Gasteiger partial charge in [0.05, 0.1) is 24.4 Å². The molecule has 0 aliphatic rings. The smallest absolute Gasteiger partial charge is 0.239 e. The summed E-state index contributed by atoms with van der Waals surface area (Å²) in [5.74, 6) is 0.0966. The minimum atomic E-state index is -0.367. The summed E-state index contributed by atoms with van der Waals surface area (Å²) < 4.78 is 16.2. The number of hydrogen-bond acceptors (Lipinski definition) is 6. The van der Waals surface area contributed by atoms with Crippen molar-refractivity contribution in [2.75, 3.05) is 18.8 Å². The topological polar surface area (TPSA) is 80.1 Å². The number of thiophene rings is 1. The number of carbonyl (C=O) groups is 2. The zero-order chi connectivity index (χ0) is 23.8. The van der Waals surface area contributed by atoms with E-state index in [1.807, 2.05) is 29.0 Å². The fourth-order valence-electron chi connectivity index (χ4n) is 3.19. The van der Waals surface area contributed by atoms with Gasteiger partial charge in [-0.05, 0) is 36.4 Å². The summed E-state index contributed by atoms with van der Waals surface area (Å²) in [4.78, 5) is 27.6. The molecule has 0 radical (unpaired) electrons. The molecule has 0 aliphatic carbocycles. The van der Waals surface area contributed by atoms with Gasteiger partial charge in [-0.15, -0.1) is 21.5 Å². The lowest BCUT2D eigenvalue weighted by Gasteiger charge is -2.20. The second-order valence-electron chi connectivity index (χ2n) is 7.84. The fourth-order valence-corrected chi connectivity index (χ4v) is 4.68. The van der Waals surface area contributed by atoms with Crippen LogP contribution in [0.2, 0.25) is 0 Å². The van der Waals surface area contributed by atoms with Crippen LogP contribution in [0.3, 0.4) is 0 Å². The molecule has 7 nitrogen and oxygen atoms in total. The molecule has 2 amide bonds. The summed E-state index contributed by atoms with van der Waals surface area (Å²) in [5.41, 5.74) is 0.376. The molecule has 0 aliphatic heterocycles. The van der Waals surface area contributed by atoms with Gasteiger partial charge in [0.25, 0.3) is 0 Å². The van der Waals surface area contributed by atoms with E-state index in [4.69, 9.17) is 0 Å². The molecule has 0 fully saturated rings. The third kappa shape index (κ3) is 6.88. The van der Waals surface area contributed by atoms with E-state index in [2.05, 4.69) is 29.4 Å². The molecule has 2 heterocycles. The van der Waals surface area contributed by atoms with Crippen LogP contribution >= 0.6 is 23.1 Å². The highest BCUT2D eigenvalue weighted by atomic mass is 32.2. The minimum Gasteiger partial charge on any atom is -0.350 e. The number of halogens is 1. The number of aromatic nitrogens is 3. The number of thioether (sulfide) groups is 1. The van der Waals surface area contributed by atoms with E-state index < -0.39 is 0 Å². The van der Waals surface area contributed by atoms with Crippen LogP contribution in [0.1, 0.15) is 25.6 Å². The van der Waals surface area contributed by atoms with Crippen LogP contribution in [0, 0.1) is 11.7 Å². The van der Waals surface area contributed by atoms with Crippen molar-refractivity contribution in [3.63, 3.8) is 0 Å². The monoisotopic (exact) mass is 489 g/mol. The molecule has 0 bridgehead atoms. The van der Waals surface area contributed by atoms with Gasteiger partial charge in [-0.3, -0.25) is 9.59 Å². The van der Waals surface area contributed by atoms with Crippen LogP contribution in [-0.4, -0.2) is 50.3 Å². The molecule has 176 valence electrons. The Morgan fingerprint density at radius 1 is 1.21 bits per heavy atom. The molecule has 0 atom stereocenters. The molecular weight excluding hydrogens is 461 g/mol. The van der Waals surface area contributed by atoms with Gasteiger partial charge in [0.1, 0.15) is 5.82 Å². The van der Waals surface area contributed by atoms with Crippen molar-refractivity contribution in [2.24, 2.45) is 5.92 Å². The Balaban J connectivity index is 1.64. The van der Waals surface area contributed by atoms with Gasteiger partial charge in [0, 0.05) is 18.0 Å². The summed E-state index contributed by atoms with van der Waals surface area (Å²) in [6.45, 7) is 7.42. The van der Waals surface area contributed by atoms with E-state index in [0.717, 1.165) is 4.88 Å². The second-order valence-corrected chi connectivity index (χ2v) is 9.82. The van der Waals surface area contributed by atoms with Crippen molar-refractivity contribution < 1.29 is 14.0 Å². The van der Waals surface area contributed by atoms with Crippen LogP contribution < -0.4 is 5.32 Å². The van der Waals surface area contributed by atoms with Crippen LogP contribution in [0.15, 0.2) is 46.9 Å². The number of hydrogen-bond donors (Lipinski definition) is 1. The molecule has 1 N–H and O–H groups in total. The van der Waals surface area contributed by atoms with Gasteiger partial charge in [-0.1, -0.05) is 43.8 Å². The van der Waals surface area contributed by atoms with Crippen molar-refractivity contribution >= 4 is 34.9 Å². The molecular formula is C23H28FN5O2S2. The van der Waals surface area contributed by atoms with Gasteiger partial charge >= 0.3 is 0 Å². The molecule has 0 unspecified atom stereocenters. The van der Waals surface area contributed by atoms with Crippen molar-refractivity contribution in [1.29, 1.82) is 0 Å². The maximum absolute atomic E-state index is 14.4. The lowest BCUT2D eigenvalue weighted by molar-refractivity contribution is -0.133. The average Bonchev–Trinajstić information content (AvgIpc) is 3.44. The van der Waals surface area contributed by atoms with Crippen LogP contribution in [0.25, 0.3) is 11.4 Å². The largest absolute Gasteiger partial charge is 0.350 e. The minimum absolute atomic E-state index is 0.000426. The van der Waals surface area contributed by atoms with E-state index in [1.165, 1.54) is 22.7 Å². The van der Waals surface area contributed by atoms with Gasteiger partial charge in [0.2, 0.25) is 11.8 Å². The summed E-state index contributed by atoms with van der Waals surface area (Å²) in [6, 6.07) is 10.3. The first-order valence-corrected chi connectivity index (χ1v) is 12.6. The quantitative estimate of drug-likeness (QED) is 0.411. The Morgan fingerprint density at radius 3 is 2.67 bits per heavy atom. The standard InChI is InChI=1S/C23H28FN5O2S2/c1-4-28(14-20(30)25-12-17-8-7-11-32-17)21(31)15-33-23-27-26-22(29(23)13-16(2)3)18-9-5-6-10-19(18)24/h5-11,16H,4,12-15H2,1-3H3,(H,25,30). The van der Waals surface area contributed by atoms with Crippen LogP contribution in [0.4, 0.5) is 4.39 Å². The van der Waals surface area contributed by atoms with Gasteiger partial charge < -0.3 is 14.8 Å². The highest BCUT2D eigenvalue weighted by Crippen LogP contribution is 2.27. The lowest BCUT2D eigenvalue weighted by atomic mass is 10.2. The van der Waals surface area contributed by atoms with Crippen molar-refractivity contribution in [1.82, 2.24) is 25.0 Å². The molecule has 0 saturated heterocycles. The maximum atomic E-state index is 14.4. The molecule has 0 spiro atoms. The predicted octanol–water partition coefficient (Wildman–Crippen LogP) is 4.06. The van der Waals surface area contributed by atoms with E-state index in [-0.39, 0.29) is 35.8 Å². The van der Waals surface area contributed by atoms with E-state index in [9.17, 15) is 14.0 Å². The Kier molecular flexibility index (Phi) is 9.02. The van der Waals surface area contributed by atoms with Gasteiger partial charge in [-0.2, -0.15) is 0 Å². The zero-order valence-electron chi connectivity index (χ0n) is 19.0. The normalized spacial score (nSPS) is 11.1. The summed E-state index contributed by atoms with van der Waals surface area (Å²) >= 11 is 2.82. The Labute approximate surface area is 201 Å². The SMILES string of the molecule is CCN(CC(=O)NCc1cccs1)C(=O)CSc1nnc(-c2ccccc2F)n1CC(C)C. The fraction of sp³-hybridized carbons (Fsp3) is 0.391. The predicted molar refractivity (Wildman–Crippen MR) is 129 cm³/mol. The van der Waals surface area contributed by atoms with E-state index in [1.54, 1.807) is 29.5 Å². The number of amides is 2. The van der Waals surface area contributed by atoms with Crippen molar-refractivity contribution in [3.05, 3.63) is 52.5 Å². The summed E-state index contributed by atoms with van der Waals surface area (Å²) in [7, 11) is 0. The summed E-state index contributed by atoms with van der Waals surface area (Å²) in [6.07, 6.45) is 0. The number of nitrogens with one attached hydrogen (secondary N) is 1. The third-order valence-corrected chi connectivity index (χ3v) is 6.64. The number of rotatable bonds is 11. The molecule has 2 aromatic heterocycles. The molecule has 3 rings (SSSR count). The maximum Gasteiger partial charge on any atom is 0.239 e. The van der Waals surface area contributed by atoms with Gasteiger partial charge in [0.15, 0.2) is 11.0 Å². The zero-order valence-corrected chi connectivity index (χ0v) is 20.6. The van der Waals surface area contributed by atoms with Crippen LogP contribution in [0.5, 0.6) is 0 Å². The number of likely N-dealkylation sites (N-methyl/N-ethyl adjacent to an activating group) is 1. The number of benzene rings is 1. The average molecular weight is 490 g/mol. The third-order valence-electron chi connectivity index (χ3n) is 4.81. The number of nitrogens with zero attached hydrogens (tertiary/aromatic N) is 4. The Bertz CT molecular complexity index is 1070. The first-order chi connectivity index (χ1) is 15.9. The molecule has 0 saturated carbocycles. The highest BCUT2D eigenvalue weighted by molar-refractivity contribution is 7.99. The van der Waals surface area contributed by atoms with Crippen LogP contribution in [-0.2, 0) is 22.7 Å². The van der Waals surface area contributed by atoms with E-state index in [0.29, 0.717) is 36.2 Å². The Morgan fingerprint density at radius 2 is 2.00 bits per heavy atom.